The first-order valence-corrected chi connectivity index (χ1v) is 5.50. The molecule has 4 atom stereocenters. The summed E-state index contributed by atoms with van der Waals surface area (Å²) in [5.41, 5.74) is -2.22. The van der Waals surface area contributed by atoms with Gasteiger partial charge in [-0.25, -0.2) is 9.18 Å². The Hall–Kier alpha value is -1.99. The van der Waals surface area contributed by atoms with Gasteiger partial charge in [-0.1, -0.05) is 5.92 Å². The van der Waals surface area contributed by atoms with Gasteiger partial charge in [0, 0.05) is 6.20 Å². The first kappa shape index (κ1) is 14.4. The average Bonchev–Trinajstić information content (AvgIpc) is 2.62. The highest BCUT2D eigenvalue weighted by Gasteiger charge is 2.57. The van der Waals surface area contributed by atoms with Crippen molar-refractivity contribution in [2.24, 2.45) is 0 Å². The molecule has 1 aromatic rings. The molecule has 4 N–H and O–H groups in total. The van der Waals surface area contributed by atoms with Gasteiger partial charge >= 0.3 is 5.69 Å². The van der Waals surface area contributed by atoms with E-state index in [0.717, 1.165) is 6.20 Å². The van der Waals surface area contributed by atoms with E-state index in [1.165, 1.54) is 0 Å². The maximum Gasteiger partial charge on any atom is 0.330 e. The molecule has 0 saturated carbocycles. The molecule has 1 saturated heterocycles. The first-order chi connectivity index (χ1) is 9.32. The molecule has 0 bridgehead atoms. The molecule has 8 nitrogen and oxygen atoms in total. The molecule has 0 aliphatic carbocycles. The minimum atomic E-state index is -3.33. The molecule has 0 unspecified atom stereocenters. The van der Waals surface area contributed by atoms with Gasteiger partial charge in [0.05, 0.1) is 6.61 Å². The van der Waals surface area contributed by atoms with Gasteiger partial charge in [-0.2, -0.15) is 0 Å². The molecule has 2 heterocycles. The monoisotopic (exact) mass is 286 g/mol. The van der Waals surface area contributed by atoms with Gasteiger partial charge < -0.3 is 20.1 Å². The average molecular weight is 286 g/mol. The van der Waals surface area contributed by atoms with E-state index in [2.05, 4.69) is 0 Å². The second-order valence-electron chi connectivity index (χ2n) is 4.24. The van der Waals surface area contributed by atoms with Crippen molar-refractivity contribution in [3.8, 4) is 12.3 Å². The lowest BCUT2D eigenvalue weighted by atomic mass is 10.1. The number of terminal acetylenes is 1. The number of ether oxygens (including phenoxy) is 1. The van der Waals surface area contributed by atoms with E-state index in [1.54, 1.807) is 0 Å². The standard InChI is InChI=1S/C11H11FN2O6/c1-2-5-3-14(10(18)13-8(5)17)9-11(12,19)7(16)6(4-15)20-9/h1,3,6-7,9,15-16,19H,4H2,(H,13,17,18)/t6-,7-,9-,11-/m1/s1. The fourth-order valence-corrected chi connectivity index (χ4v) is 1.91. The Balaban J connectivity index is 2.55. The van der Waals surface area contributed by atoms with Gasteiger partial charge in [0.1, 0.15) is 17.8 Å². The van der Waals surface area contributed by atoms with Crippen LogP contribution in [0.1, 0.15) is 11.8 Å². The van der Waals surface area contributed by atoms with Crippen molar-refractivity contribution in [3.05, 3.63) is 32.6 Å². The highest BCUT2D eigenvalue weighted by Crippen LogP contribution is 2.38. The number of aliphatic hydroxyl groups excluding tert-OH is 2. The molecule has 1 fully saturated rings. The Morgan fingerprint density at radius 2 is 2.25 bits per heavy atom. The predicted molar refractivity (Wildman–Crippen MR) is 62.3 cm³/mol. The van der Waals surface area contributed by atoms with E-state index in [0.29, 0.717) is 4.57 Å². The lowest BCUT2D eigenvalue weighted by Gasteiger charge is -2.23. The third-order valence-electron chi connectivity index (χ3n) is 2.97. The van der Waals surface area contributed by atoms with E-state index >= 15 is 0 Å². The Labute approximate surface area is 111 Å². The molecule has 0 radical (unpaired) electrons. The molecule has 2 rings (SSSR count). The Bertz CT molecular complexity index is 673. The lowest BCUT2D eigenvalue weighted by molar-refractivity contribution is -0.197. The van der Waals surface area contributed by atoms with Crippen molar-refractivity contribution in [1.29, 1.82) is 0 Å². The van der Waals surface area contributed by atoms with Gasteiger partial charge in [-0.15, -0.1) is 6.42 Å². The van der Waals surface area contributed by atoms with Crippen molar-refractivity contribution < 1.29 is 24.4 Å². The second kappa shape index (κ2) is 4.84. The van der Waals surface area contributed by atoms with E-state index in [1.807, 2.05) is 10.9 Å². The lowest BCUT2D eigenvalue weighted by Crippen LogP contribution is -2.46. The van der Waals surface area contributed by atoms with Crippen LogP contribution in [-0.2, 0) is 4.74 Å². The predicted octanol–water partition coefficient (Wildman–Crippen LogP) is -2.57. The number of alkyl halides is 1. The normalized spacial score (nSPS) is 33.0. The number of aromatic amines is 1. The third-order valence-corrected chi connectivity index (χ3v) is 2.97. The fraction of sp³-hybridized carbons (Fsp3) is 0.455. The van der Waals surface area contributed by atoms with Crippen molar-refractivity contribution in [3.63, 3.8) is 0 Å². The number of halogens is 1. The molecule has 0 aromatic carbocycles. The van der Waals surface area contributed by atoms with Gasteiger partial charge in [0.15, 0.2) is 6.23 Å². The van der Waals surface area contributed by atoms with Crippen molar-refractivity contribution in [2.45, 2.75) is 24.3 Å². The molecular weight excluding hydrogens is 275 g/mol. The van der Waals surface area contributed by atoms with E-state index < -0.39 is 42.1 Å². The van der Waals surface area contributed by atoms with E-state index in [-0.39, 0.29) is 5.56 Å². The number of H-pyrrole nitrogens is 1. The largest absolute Gasteiger partial charge is 0.394 e. The molecule has 1 aliphatic rings. The number of nitrogens with one attached hydrogen (secondary N) is 1. The Morgan fingerprint density at radius 1 is 1.60 bits per heavy atom. The summed E-state index contributed by atoms with van der Waals surface area (Å²) in [6.45, 7) is -0.774. The van der Waals surface area contributed by atoms with Crippen LogP contribution < -0.4 is 11.2 Å². The first-order valence-electron chi connectivity index (χ1n) is 5.50. The third kappa shape index (κ3) is 2.04. The molecule has 1 aliphatic heterocycles. The minimum Gasteiger partial charge on any atom is -0.394 e. The zero-order valence-electron chi connectivity index (χ0n) is 9.99. The van der Waals surface area contributed by atoms with Crippen LogP contribution in [0.3, 0.4) is 0 Å². The summed E-state index contributed by atoms with van der Waals surface area (Å²) < 4.78 is 19.5. The second-order valence-corrected chi connectivity index (χ2v) is 4.24. The van der Waals surface area contributed by atoms with Crippen LogP contribution in [0.4, 0.5) is 4.39 Å². The van der Waals surface area contributed by atoms with Crippen LogP contribution in [-0.4, -0.2) is 49.5 Å². The van der Waals surface area contributed by atoms with Crippen LogP contribution in [0, 0.1) is 12.3 Å². The summed E-state index contributed by atoms with van der Waals surface area (Å²) >= 11 is 0. The molecule has 9 heteroatoms. The fourth-order valence-electron chi connectivity index (χ4n) is 1.91. The Morgan fingerprint density at radius 3 is 2.75 bits per heavy atom. The SMILES string of the molecule is C#Cc1cn([C@@H]2O[C@H](CO)[C@@H](O)[C@]2(O)F)c(=O)[nH]c1=O. The maximum absolute atomic E-state index is 14.1. The summed E-state index contributed by atoms with van der Waals surface area (Å²) in [6.07, 6.45) is 0.423. The van der Waals surface area contributed by atoms with Crippen molar-refractivity contribution in [2.75, 3.05) is 6.61 Å². The van der Waals surface area contributed by atoms with Crippen LogP contribution in [0.25, 0.3) is 0 Å². The smallest absolute Gasteiger partial charge is 0.330 e. The van der Waals surface area contributed by atoms with E-state index in [9.17, 15) is 24.2 Å². The summed E-state index contributed by atoms with van der Waals surface area (Å²) in [5.74, 6) is -1.36. The highest BCUT2D eigenvalue weighted by molar-refractivity contribution is 5.26. The number of hydrogen-bond donors (Lipinski definition) is 4. The summed E-state index contributed by atoms with van der Waals surface area (Å²) in [7, 11) is 0. The minimum absolute atomic E-state index is 0.286. The molecular formula is C11H11FN2O6. The van der Waals surface area contributed by atoms with Gasteiger partial charge in [-0.3, -0.25) is 14.3 Å². The van der Waals surface area contributed by atoms with Crippen LogP contribution in [0.15, 0.2) is 15.8 Å². The molecule has 0 spiro atoms. The van der Waals surface area contributed by atoms with Crippen molar-refractivity contribution in [1.82, 2.24) is 9.55 Å². The zero-order valence-corrected chi connectivity index (χ0v) is 9.99. The zero-order chi connectivity index (χ0) is 15.1. The number of aromatic nitrogens is 2. The number of rotatable bonds is 2. The van der Waals surface area contributed by atoms with Gasteiger partial charge in [-0.05, 0) is 0 Å². The van der Waals surface area contributed by atoms with Crippen LogP contribution in [0.2, 0.25) is 0 Å². The summed E-state index contributed by atoms with van der Waals surface area (Å²) in [4.78, 5) is 24.7. The van der Waals surface area contributed by atoms with Crippen LogP contribution in [0.5, 0.6) is 0 Å². The molecule has 20 heavy (non-hydrogen) atoms. The summed E-state index contributed by atoms with van der Waals surface area (Å²) in [6, 6.07) is 0. The maximum atomic E-state index is 14.1. The van der Waals surface area contributed by atoms with Crippen molar-refractivity contribution >= 4 is 0 Å². The number of nitrogens with zero attached hydrogens (tertiary/aromatic N) is 1. The van der Waals surface area contributed by atoms with Crippen LogP contribution >= 0.6 is 0 Å². The van der Waals surface area contributed by atoms with Gasteiger partial charge in [0.2, 0.25) is 0 Å². The number of hydrogen-bond acceptors (Lipinski definition) is 6. The number of aliphatic hydroxyl groups is 3. The topological polar surface area (TPSA) is 125 Å². The molecule has 0 amide bonds. The van der Waals surface area contributed by atoms with E-state index in [4.69, 9.17) is 16.3 Å². The molecule has 108 valence electrons. The quantitative estimate of drug-likeness (QED) is 0.443. The Kier molecular flexibility index (Phi) is 3.49. The summed E-state index contributed by atoms with van der Waals surface area (Å²) in [5, 5.41) is 28.0. The highest BCUT2D eigenvalue weighted by atomic mass is 19.2. The molecule has 1 aromatic heterocycles. The van der Waals surface area contributed by atoms with Gasteiger partial charge in [0.25, 0.3) is 11.4 Å².